The smallest absolute Gasteiger partial charge is 0.269 e. The highest BCUT2D eigenvalue weighted by Gasteiger charge is 2.22. The molecule has 0 radical (unpaired) electrons. The Hall–Kier alpha value is -1.40. The van der Waals surface area contributed by atoms with Gasteiger partial charge < -0.3 is 15.5 Å². The molecule has 0 bridgehead atoms. The summed E-state index contributed by atoms with van der Waals surface area (Å²) < 4.78 is 1.46. The standard InChI is InChI=1S/C13H23N5O/c1-13(2,10-14)18-12(19)8-11(9-15-18)17-6-4-16(3)5-7-17/h8-9H,4-7,10,14H2,1-3H3. The molecule has 6 nitrogen and oxygen atoms in total. The molecule has 0 amide bonds. The van der Waals surface area contributed by atoms with Crippen molar-refractivity contribution in [1.29, 1.82) is 0 Å². The molecule has 1 aliphatic heterocycles. The van der Waals surface area contributed by atoms with Gasteiger partial charge in [0.05, 0.1) is 17.4 Å². The lowest BCUT2D eigenvalue weighted by Crippen LogP contribution is -2.46. The number of anilines is 1. The first kappa shape index (κ1) is 14.0. The zero-order valence-corrected chi connectivity index (χ0v) is 12.0. The number of rotatable bonds is 3. The molecule has 0 spiro atoms. The van der Waals surface area contributed by atoms with Crippen molar-refractivity contribution >= 4 is 5.69 Å². The molecule has 0 atom stereocenters. The van der Waals surface area contributed by atoms with Crippen LogP contribution in [0.2, 0.25) is 0 Å². The van der Waals surface area contributed by atoms with Crippen molar-refractivity contribution in [1.82, 2.24) is 14.7 Å². The molecule has 1 aromatic rings. The lowest BCUT2D eigenvalue weighted by Gasteiger charge is -2.34. The highest BCUT2D eigenvalue weighted by atomic mass is 16.1. The molecule has 2 rings (SSSR count). The highest BCUT2D eigenvalue weighted by Crippen LogP contribution is 2.14. The van der Waals surface area contributed by atoms with Crippen LogP contribution in [0, 0.1) is 0 Å². The molecule has 6 heteroatoms. The quantitative estimate of drug-likeness (QED) is 0.812. The summed E-state index contributed by atoms with van der Waals surface area (Å²) in [5, 5.41) is 4.28. The van der Waals surface area contributed by atoms with Crippen molar-refractivity contribution in [3.05, 3.63) is 22.6 Å². The Kier molecular flexibility index (Phi) is 3.91. The number of likely N-dealkylation sites (N-methyl/N-ethyl adjacent to an activating group) is 1. The van der Waals surface area contributed by atoms with Crippen LogP contribution in [-0.2, 0) is 5.54 Å². The Balaban J connectivity index is 2.22. The average molecular weight is 265 g/mol. The summed E-state index contributed by atoms with van der Waals surface area (Å²) in [6.07, 6.45) is 1.77. The summed E-state index contributed by atoms with van der Waals surface area (Å²) in [5.41, 5.74) is 6.05. The molecule has 2 heterocycles. The van der Waals surface area contributed by atoms with Gasteiger partial charge in [0.1, 0.15) is 0 Å². The summed E-state index contributed by atoms with van der Waals surface area (Å²) in [6, 6.07) is 1.66. The Bertz CT molecular complexity index is 488. The van der Waals surface area contributed by atoms with E-state index >= 15 is 0 Å². The number of piperazine rings is 1. The van der Waals surface area contributed by atoms with Crippen LogP contribution in [0.1, 0.15) is 13.8 Å². The highest BCUT2D eigenvalue weighted by molar-refractivity contribution is 5.43. The molecule has 1 aromatic heterocycles. The van der Waals surface area contributed by atoms with Crippen LogP contribution in [-0.4, -0.2) is 54.5 Å². The van der Waals surface area contributed by atoms with Gasteiger partial charge in [0, 0.05) is 38.8 Å². The third-order valence-electron chi connectivity index (χ3n) is 3.73. The molecular formula is C13H23N5O. The fourth-order valence-corrected chi connectivity index (χ4v) is 2.18. The molecule has 1 saturated heterocycles. The largest absolute Gasteiger partial charge is 0.368 e. The van der Waals surface area contributed by atoms with E-state index in [1.165, 1.54) is 4.68 Å². The fraction of sp³-hybridized carbons (Fsp3) is 0.692. The van der Waals surface area contributed by atoms with Crippen molar-refractivity contribution in [2.24, 2.45) is 5.73 Å². The zero-order chi connectivity index (χ0) is 14.0. The number of hydrogen-bond donors (Lipinski definition) is 1. The summed E-state index contributed by atoms with van der Waals surface area (Å²) in [7, 11) is 2.11. The second kappa shape index (κ2) is 5.30. The molecule has 1 fully saturated rings. The van der Waals surface area contributed by atoms with Gasteiger partial charge in [-0.3, -0.25) is 4.79 Å². The zero-order valence-electron chi connectivity index (χ0n) is 12.0. The molecular weight excluding hydrogens is 242 g/mol. The summed E-state index contributed by atoms with van der Waals surface area (Å²) in [6.45, 7) is 8.10. The topological polar surface area (TPSA) is 67.4 Å². The van der Waals surface area contributed by atoms with E-state index in [2.05, 4.69) is 21.9 Å². The molecule has 0 saturated carbocycles. The minimum Gasteiger partial charge on any atom is -0.368 e. The van der Waals surface area contributed by atoms with Gasteiger partial charge in [-0.2, -0.15) is 5.10 Å². The van der Waals surface area contributed by atoms with Gasteiger partial charge in [0.25, 0.3) is 5.56 Å². The van der Waals surface area contributed by atoms with Crippen LogP contribution >= 0.6 is 0 Å². The third-order valence-corrected chi connectivity index (χ3v) is 3.73. The SMILES string of the molecule is CN1CCN(c2cnn(C(C)(C)CN)c(=O)c2)CC1. The molecule has 0 aromatic carbocycles. The van der Waals surface area contributed by atoms with Gasteiger partial charge in [-0.1, -0.05) is 0 Å². The molecule has 0 aliphatic carbocycles. The van der Waals surface area contributed by atoms with Gasteiger partial charge in [-0.05, 0) is 20.9 Å². The predicted octanol–water partition coefficient (Wildman–Crippen LogP) is -0.311. The first-order chi connectivity index (χ1) is 8.94. The minimum absolute atomic E-state index is 0.0909. The summed E-state index contributed by atoms with van der Waals surface area (Å²) in [5.74, 6) is 0. The maximum atomic E-state index is 12.2. The van der Waals surface area contributed by atoms with Crippen molar-refractivity contribution < 1.29 is 0 Å². The molecule has 19 heavy (non-hydrogen) atoms. The number of aromatic nitrogens is 2. The first-order valence-corrected chi connectivity index (χ1v) is 6.67. The number of hydrogen-bond acceptors (Lipinski definition) is 5. The lowest BCUT2D eigenvalue weighted by atomic mass is 10.1. The Morgan fingerprint density at radius 1 is 1.32 bits per heavy atom. The first-order valence-electron chi connectivity index (χ1n) is 6.67. The van der Waals surface area contributed by atoms with E-state index in [1.54, 1.807) is 12.3 Å². The van der Waals surface area contributed by atoms with E-state index in [-0.39, 0.29) is 5.56 Å². The maximum absolute atomic E-state index is 12.2. The summed E-state index contributed by atoms with van der Waals surface area (Å²) in [4.78, 5) is 16.6. The van der Waals surface area contributed by atoms with Crippen LogP contribution in [0.15, 0.2) is 17.1 Å². The van der Waals surface area contributed by atoms with E-state index in [9.17, 15) is 4.79 Å². The molecule has 106 valence electrons. The molecule has 0 unspecified atom stereocenters. The predicted molar refractivity (Wildman–Crippen MR) is 76.6 cm³/mol. The van der Waals surface area contributed by atoms with E-state index < -0.39 is 5.54 Å². The van der Waals surface area contributed by atoms with Gasteiger partial charge in [-0.25, -0.2) is 4.68 Å². The number of nitrogens with zero attached hydrogens (tertiary/aromatic N) is 4. The van der Waals surface area contributed by atoms with E-state index in [0.717, 1.165) is 31.9 Å². The Labute approximate surface area is 113 Å². The second-order valence-electron chi connectivity index (χ2n) is 5.77. The summed E-state index contributed by atoms with van der Waals surface area (Å²) >= 11 is 0. The fourth-order valence-electron chi connectivity index (χ4n) is 2.18. The van der Waals surface area contributed by atoms with Gasteiger partial charge in [0.2, 0.25) is 0 Å². The normalized spacial score (nSPS) is 17.8. The lowest BCUT2D eigenvalue weighted by molar-refractivity contribution is 0.307. The van der Waals surface area contributed by atoms with E-state index in [1.807, 2.05) is 13.8 Å². The van der Waals surface area contributed by atoms with Crippen molar-refractivity contribution in [3.63, 3.8) is 0 Å². The van der Waals surface area contributed by atoms with Gasteiger partial charge >= 0.3 is 0 Å². The van der Waals surface area contributed by atoms with Crippen molar-refractivity contribution in [3.8, 4) is 0 Å². The van der Waals surface area contributed by atoms with E-state index in [4.69, 9.17) is 5.73 Å². The van der Waals surface area contributed by atoms with Crippen LogP contribution in [0.25, 0.3) is 0 Å². The molecule has 2 N–H and O–H groups in total. The second-order valence-corrected chi connectivity index (χ2v) is 5.77. The van der Waals surface area contributed by atoms with Crippen LogP contribution in [0.4, 0.5) is 5.69 Å². The van der Waals surface area contributed by atoms with Gasteiger partial charge in [0.15, 0.2) is 0 Å². The Morgan fingerprint density at radius 3 is 2.47 bits per heavy atom. The van der Waals surface area contributed by atoms with Gasteiger partial charge in [-0.15, -0.1) is 0 Å². The van der Waals surface area contributed by atoms with Crippen LogP contribution in [0.5, 0.6) is 0 Å². The molecule has 1 aliphatic rings. The van der Waals surface area contributed by atoms with Crippen molar-refractivity contribution in [2.45, 2.75) is 19.4 Å². The third kappa shape index (κ3) is 2.96. The maximum Gasteiger partial charge on any atom is 0.269 e. The van der Waals surface area contributed by atoms with Crippen LogP contribution < -0.4 is 16.2 Å². The average Bonchev–Trinajstić information content (AvgIpc) is 2.39. The van der Waals surface area contributed by atoms with Crippen molar-refractivity contribution in [2.75, 3.05) is 44.7 Å². The Morgan fingerprint density at radius 2 is 1.95 bits per heavy atom. The van der Waals surface area contributed by atoms with E-state index in [0.29, 0.717) is 6.54 Å². The number of nitrogens with two attached hydrogens (primary N) is 1. The van der Waals surface area contributed by atoms with Crippen LogP contribution in [0.3, 0.4) is 0 Å². The monoisotopic (exact) mass is 265 g/mol. The minimum atomic E-state index is -0.447.